The van der Waals surface area contributed by atoms with Gasteiger partial charge in [0.15, 0.2) is 0 Å². The maximum atomic E-state index is 10.6. The van der Waals surface area contributed by atoms with Gasteiger partial charge in [-0.2, -0.15) is 18.3 Å². The molecule has 1 atom stereocenters. The number of carbonyl (C=O) groups is 1. The number of carboxylic acids is 1. The van der Waals surface area contributed by atoms with E-state index in [1.165, 1.54) is 0 Å². The van der Waals surface area contributed by atoms with Crippen LogP contribution in [0.1, 0.15) is 18.7 Å². The topological polar surface area (TPSA) is 123 Å². The number of H-pyrrole nitrogens is 1. The van der Waals surface area contributed by atoms with Crippen LogP contribution >= 0.6 is 0 Å². The van der Waals surface area contributed by atoms with Gasteiger partial charge in [-0.3, -0.25) is 9.67 Å². The number of imidazole rings is 1. The summed E-state index contributed by atoms with van der Waals surface area (Å²) in [6.45, 7) is 2.03. The third-order valence-electron chi connectivity index (χ3n) is 3.10. The number of alkyl halides is 3. The number of aromatic amines is 1. The van der Waals surface area contributed by atoms with Crippen molar-refractivity contribution in [3.63, 3.8) is 0 Å². The second kappa shape index (κ2) is 6.56. The lowest BCUT2D eigenvalue weighted by Crippen LogP contribution is -2.21. The zero-order valence-corrected chi connectivity index (χ0v) is 12.3. The summed E-state index contributed by atoms with van der Waals surface area (Å²) < 4.78 is 33.6. The van der Waals surface area contributed by atoms with Crippen molar-refractivity contribution in [1.82, 2.24) is 24.7 Å². The van der Waals surface area contributed by atoms with Gasteiger partial charge in [-0.05, 0) is 13.0 Å². The molecule has 24 heavy (non-hydrogen) atoms. The smallest absolute Gasteiger partial charge is 0.475 e. The first kappa shape index (κ1) is 17.2. The molecule has 0 fully saturated rings. The molecule has 3 heterocycles. The largest absolute Gasteiger partial charge is 0.490 e. The Balaban J connectivity index is 0.000000256. The Morgan fingerprint density at radius 2 is 2.08 bits per heavy atom. The van der Waals surface area contributed by atoms with Crippen molar-refractivity contribution in [3.05, 3.63) is 36.7 Å². The van der Waals surface area contributed by atoms with Gasteiger partial charge in [0, 0.05) is 6.20 Å². The normalized spacial score (nSPS) is 12.5. The van der Waals surface area contributed by atoms with E-state index in [0.29, 0.717) is 5.69 Å². The van der Waals surface area contributed by atoms with Crippen molar-refractivity contribution in [3.8, 4) is 0 Å². The number of rotatable bonds is 2. The molecule has 0 aliphatic heterocycles. The van der Waals surface area contributed by atoms with Crippen molar-refractivity contribution < 1.29 is 23.1 Å². The van der Waals surface area contributed by atoms with Crippen LogP contribution in [0, 0.1) is 0 Å². The Labute approximate surface area is 133 Å². The molecule has 3 aromatic heterocycles. The Hall–Kier alpha value is -3.11. The number of halogens is 3. The summed E-state index contributed by atoms with van der Waals surface area (Å²) in [5.41, 5.74) is 9.29. The molecular weight excluding hydrogens is 329 g/mol. The highest BCUT2D eigenvalue weighted by atomic mass is 19.4. The molecule has 4 N–H and O–H groups in total. The Bertz CT molecular complexity index is 828. The van der Waals surface area contributed by atoms with Gasteiger partial charge in [0.05, 0.1) is 36.1 Å². The number of pyridine rings is 1. The molecule has 0 bridgehead atoms. The summed E-state index contributed by atoms with van der Waals surface area (Å²) in [4.78, 5) is 20.2. The van der Waals surface area contributed by atoms with Gasteiger partial charge in [-0.1, -0.05) is 0 Å². The SMILES string of the molecule is CC(c1cnc[nH]1)n1ncc2nccc(N)c21.O=C(O)C(F)(F)F. The van der Waals surface area contributed by atoms with Crippen molar-refractivity contribution in [2.24, 2.45) is 0 Å². The highest BCUT2D eigenvalue weighted by Gasteiger charge is 2.38. The molecule has 0 aromatic carbocycles. The van der Waals surface area contributed by atoms with E-state index in [9.17, 15) is 13.2 Å². The number of carboxylic acid groups (broad SMARTS) is 1. The number of aromatic nitrogens is 5. The van der Waals surface area contributed by atoms with Crippen LogP contribution in [0.25, 0.3) is 11.0 Å². The van der Waals surface area contributed by atoms with Gasteiger partial charge in [0.25, 0.3) is 0 Å². The molecule has 3 aromatic rings. The molecule has 0 saturated carbocycles. The summed E-state index contributed by atoms with van der Waals surface area (Å²) in [6, 6.07) is 1.82. The fraction of sp³-hybridized carbons (Fsp3) is 0.231. The number of nitrogens with zero attached hydrogens (tertiary/aromatic N) is 4. The summed E-state index contributed by atoms with van der Waals surface area (Å²) in [5.74, 6) is -2.76. The summed E-state index contributed by atoms with van der Waals surface area (Å²) in [7, 11) is 0. The number of nitrogens with two attached hydrogens (primary N) is 1. The molecule has 0 aliphatic carbocycles. The van der Waals surface area contributed by atoms with Gasteiger partial charge in [0.1, 0.15) is 11.0 Å². The summed E-state index contributed by atoms with van der Waals surface area (Å²) >= 11 is 0. The zero-order valence-electron chi connectivity index (χ0n) is 12.3. The molecular formula is C13H13F3N6O2. The van der Waals surface area contributed by atoms with Crippen molar-refractivity contribution >= 4 is 22.7 Å². The van der Waals surface area contributed by atoms with Gasteiger partial charge < -0.3 is 15.8 Å². The monoisotopic (exact) mass is 342 g/mol. The van der Waals surface area contributed by atoms with E-state index in [1.807, 2.05) is 11.6 Å². The lowest BCUT2D eigenvalue weighted by atomic mass is 10.2. The molecule has 3 rings (SSSR count). The average molecular weight is 342 g/mol. The van der Waals surface area contributed by atoms with E-state index in [1.54, 1.807) is 31.0 Å². The molecule has 0 spiro atoms. The minimum Gasteiger partial charge on any atom is -0.475 e. The molecule has 0 radical (unpaired) electrons. The Morgan fingerprint density at radius 3 is 2.62 bits per heavy atom. The number of aliphatic carboxylic acids is 1. The maximum absolute atomic E-state index is 10.6. The van der Waals surface area contributed by atoms with Crippen molar-refractivity contribution in [2.75, 3.05) is 5.73 Å². The van der Waals surface area contributed by atoms with Crippen LogP contribution in [0.15, 0.2) is 31.0 Å². The molecule has 8 nitrogen and oxygen atoms in total. The summed E-state index contributed by atoms with van der Waals surface area (Å²) in [6.07, 6.45) is 1.76. The van der Waals surface area contributed by atoms with E-state index < -0.39 is 12.1 Å². The van der Waals surface area contributed by atoms with Crippen LogP contribution < -0.4 is 5.73 Å². The third-order valence-corrected chi connectivity index (χ3v) is 3.10. The maximum Gasteiger partial charge on any atom is 0.490 e. The number of nitrogens with one attached hydrogen (secondary N) is 1. The first-order valence-electron chi connectivity index (χ1n) is 6.58. The van der Waals surface area contributed by atoms with Crippen molar-refractivity contribution in [2.45, 2.75) is 19.1 Å². The predicted molar refractivity (Wildman–Crippen MR) is 78.0 cm³/mol. The van der Waals surface area contributed by atoms with Crippen molar-refractivity contribution in [1.29, 1.82) is 0 Å². The molecule has 11 heteroatoms. The quantitative estimate of drug-likeness (QED) is 0.654. The van der Waals surface area contributed by atoms with Crippen LogP contribution in [0.5, 0.6) is 0 Å². The second-order valence-corrected chi connectivity index (χ2v) is 4.71. The van der Waals surface area contributed by atoms with E-state index in [0.717, 1.165) is 16.7 Å². The fourth-order valence-electron chi connectivity index (χ4n) is 1.93. The average Bonchev–Trinajstić information content (AvgIpc) is 3.16. The van der Waals surface area contributed by atoms with E-state index in [2.05, 4.69) is 20.1 Å². The van der Waals surface area contributed by atoms with Gasteiger partial charge >= 0.3 is 12.1 Å². The van der Waals surface area contributed by atoms with Crippen LogP contribution in [0.4, 0.5) is 18.9 Å². The van der Waals surface area contributed by atoms with Crippen LogP contribution in [0.3, 0.4) is 0 Å². The Kier molecular flexibility index (Phi) is 4.71. The first-order valence-corrected chi connectivity index (χ1v) is 6.58. The number of nitrogen functional groups attached to an aromatic ring is 1. The third kappa shape index (κ3) is 3.62. The molecule has 128 valence electrons. The zero-order chi connectivity index (χ0) is 17.9. The lowest BCUT2D eigenvalue weighted by Gasteiger charge is -2.12. The van der Waals surface area contributed by atoms with Gasteiger partial charge in [-0.15, -0.1) is 0 Å². The van der Waals surface area contributed by atoms with E-state index >= 15 is 0 Å². The number of anilines is 1. The summed E-state index contributed by atoms with van der Waals surface area (Å²) in [5, 5.41) is 11.5. The number of hydrogen-bond donors (Lipinski definition) is 3. The standard InChI is InChI=1S/C11H12N6.C2HF3O2/c1-7(9-4-13-6-15-9)17-11-8(12)2-3-14-10(11)5-16-17;3-2(4,5)1(6)7/h2-7H,1H3,(H2,12,14)(H,13,15);(H,6,7). The fourth-order valence-corrected chi connectivity index (χ4v) is 1.93. The lowest BCUT2D eigenvalue weighted by molar-refractivity contribution is -0.192. The highest BCUT2D eigenvalue weighted by molar-refractivity contribution is 5.86. The number of hydrogen-bond acceptors (Lipinski definition) is 5. The molecule has 1 unspecified atom stereocenters. The second-order valence-electron chi connectivity index (χ2n) is 4.71. The highest BCUT2D eigenvalue weighted by Crippen LogP contribution is 2.24. The van der Waals surface area contributed by atoms with Gasteiger partial charge in [0.2, 0.25) is 0 Å². The minimum atomic E-state index is -5.08. The van der Waals surface area contributed by atoms with E-state index in [-0.39, 0.29) is 6.04 Å². The molecule has 0 aliphatic rings. The van der Waals surface area contributed by atoms with Crippen LogP contribution in [-0.2, 0) is 4.79 Å². The molecule has 0 saturated heterocycles. The Morgan fingerprint density at radius 1 is 1.42 bits per heavy atom. The number of fused-ring (bicyclic) bond motifs is 1. The minimum absolute atomic E-state index is 0.0431. The van der Waals surface area contributed by atoms with Gasteiger partial charge in [-0.25, -0.2) is 9.78 Å². The first-order chi connectivity index (χ1) is 11.2. The predicted octanol–water partition coefficient (Wildman–Crippen LogP) is 1.98. The van der Waals surface area contributed by atoms with Crippen LogP contribution in [-0.4, -0.2) is 42.0 Å². The van der Waals surface area contributed by atoms with E-state index in [4.69, 9.17) is 15.6 Å². The molecule has 0 amide bonds. The van der Waals surface area contributed by atoms with Crippen LogP contribution in [0.2, 0.25) is 0 Å².